The highest BCUT2D eigenvalue weighted by Crippen LogP contribution is 1.52. The van der Waals surface area contributed by atoms with Crippen molar-refractivity contribution in [1.29, 1.82) is 0 Å². The van der Waals surface area contributed by atoms with Crippen molar-refractivity contribution in [2.45, 2.75) is 0 Å². The molecule has 46 valence electrons. The van der Waals surface area contributed by atoms with Crippen LogP contribution in [0.2, 0.25) is 0 Å². The van der Waals surface area contributed by atoms with Crippen LogP contribution in [0.25, 0.3) is 0 Å². The lowest BCUT2D eigenvalue weighted by Crippen LogP contribution is -3.00. The van der Waals surface area contributed by atoms with Crippen molar-refractivity contribution in [3.63, 3.8) is 0 Å². The van der Waals surface area contributed by atoms with Crippen molar-refractivity contribution in [1.82, 2.24) is 4.90 Å². The highest BCUT2D eigenvalue weighted by atomic mass is 35.5. The van der Waals surface area contributed by atoms with Crippen molar-refractivity contribution in [2.24, 2.45) is 0 Å². The van der Waals surface area contributed by atoms with E-state index in [4.69, 9.17) is 0 Å². The van der Waals surface area contributed by atoms with Crippen LogP contribution >= 0.6 is 9.90 Å². The van der Waals surface area contributed by atoms with E-state index >= 15 is 0 Å². The van der Waals surface area contributed by atoms with Crippen LogP contribution in [0.15, 0.2) is 0 Å². The monoisotopic (exact) mass is 143 g/mol. The summed E-state index contributed by atoms with van der Waals surface area (Å²) in [6.45, 7) is 0. The molecule has 0 aliphatic carbocycles. The molecule has 0 bridgehead atoms. The van der Waals surface area contributed by atoms with Crippen molar-refractivity contribution >= 4 is 16.3 Å². The number of carbonyl (C=O) groups is 1. The largest absolute Gasteiger partial charge is 1.00 e. The predicted molar refractivity (Wildman–Crippen MR) is 32.3 cm³/mol. The number of rotatable bonds is 1. The second-order valence-electron chi connectivity index (χ2n) is 1.07. The molecule has 0 rings (SSSR count). The van der Waals surface area contributed by atoms with E-state index in [0.29, 0.717) is 0 Å². The first-order chi connectivity index (χ1) is 2.27. The molecule has 1 atom stereocenters. The molecule has 0 aliphatic heterocycles. The molecule has 0 aromatic carbocycles. The third-order valence-electron chi connectivity index (χ3n) is 0.211. The minimum Gasteiger partial charge on any atom is -1.00 e. The topological polar surface area (TPSA) is 20.3 Å². The van der Waals surface area contributed by atoms with Gasteiger partial charge in [0.1, 0.15) is 0 Å². The predicted octanol–water partition coefficient (Wildman–Crippen LogP) is -3.50. The first kappa shape index (κ1) is 15.7. The van der Waals surface area contributed by atoms with Gasteiger partial charge in [-0.3, -0.25) is 4.79 Å². The van der Waals surface area contributed by atoms with Crippen LogP contribution in [0, 0.1) is 0 Å². The fraction of sp³-hybridized carbons (Fsp3) is 0.667. The highest BCUT2D eigenvalue weighted by Gasteiger charge is 1.68. The average Bonchev–Trinajstić information content (AvgIpc) is 1.38. The first-order valence-electron chi connectivity index (χ1n) is 1.39. The van der Waals surface area contributed by atoms with Gasteiger partial charge in [0, 0.05) is 14.1 Å². The summed E-state index contributed by atoms with van der Waals surface area (Å²) in [5.74, 6) is 0. The van der Waals surface area contributed by atoms with Crippen LogP contribution in [0.4, 0.5) is 0 Å². The van der Waals surface area contributed by atoms with E-state index in [-0.39, 0.29) is 22.3 Å². The zero-order chi connectivity index (χ0) is 4.28. The van der Waals surface area contributed by atoms with Gasteiger partial charge in [-0.15, -0.1) is 0 Å². The Morgan fingerprint density at radius 2 is 1.57 bits per heavy atom. The van der Waals surface area contributed by atoms with Crippen LogP contribution in [-0.2, 0) is 4.79 Å². The molecule has 0 aromatic rings. The summed E-state index contributed by atoms with van der Waals surface area (Å²) in [5, 5.41) is 0. The van der Waals surface area contributed by atoms with E-state index < -0.39 is 0 Å². The Bertz CT molecular complexity index is 41.9. The fourth-order valence-electron chi connectivity index (χ4n) is 0. The summed E-state index contributed by atoms with van der Waals surface area (Å²) in [6, 6.07) is 0. The molecular weight excluding hydrogens is 132 g/mol. The first-order valence-corrected chi connectivity index (χ1v) is 1.39. The van der Waals surface area contributed by atoms with Crippen molar-refractivity contribution in [3.05, 3.63) is 0 Å². The molecule has 0 heterocycles. The molecule has 0 saturated heterocycles. The third-order valence-corrected chi connectivity index (χ3v) is 0.211. The molecule has 1 unspecified atom stereocenters. The molecule has 0 spiro atoms. The Hall–Kier alpha value is 0.190. The van der Waals surface area contributed by atoms with Gasteiger partial charge in [-0.25, -0.2) is 0 Å². The van der Waals surface area contributed by atoms with Gasteiger partial charge in [0.25, 0.3) is 0 Å². The number of hydrogen-bond donors (Lipinski definition) is 0. The van der Waals surface area contributed by atoms with E-state index in [0.717, 1.165) is 6.41 Å². The van der Waals surface area contributed by atoms with Gasteiger partial charge in [0.15, 0.2) is 0 Å². The Labute approximate surface area is 53.3 Å². The van der Waals surface area contributed by atoms with Crippen LogP contribution in [0.3, 0.4) is 0 Å². The second-order valence-corrected chi connectivity index (χ2v) is 1.07. The van der Waals surface area contributed by atoms with Crippen molar-refractivity contribution in [3.8, 4) is 0 Å². The van der Waals surface area contributed by atoms with Crippen molar-refractivity contribution in [2.75, 3.05) is 14.1 Å². The Balaban J connectivity index is -0.0000000800. The van der Waals surface area contributed by atoms with E-state index in [1.807, 2.05) is 0 Å². The summed E-state index contributed by atoms with van der Waals surface area (Å²) in [5.41, 5.74) is 0. The fourth-order valence-corrected chi connectivity index (χ4v) is 0. The quantitative estimate of drug-likeness (QED) is 0.276. The molecule has 2 nitrogen and oxygen atoms in total. The second kappa shape index (κ2) is 9.50. The molecule has 0 aromatic heterocycles. The van der Waals surface area contributed by atoms with E-state index in [2.05, 4.69) is 0 Å². The minimum atomic E-state index is 0. The van der Waals surface area contributed by atoms with Gasteiger partial charge in [-0.1, -0.05) is 0 Å². The lowest BCUT2D eigenvalue weighted by Gasteiger charge is -1.93. The van der Waals surface area contributed by atoms with E-state index in [1.165, 1.54) is 4.90 Å². The van der Waals surface area contributed by atoms with Gasteiger partial charge in [-0.2, -0.15) is 0 Å². The number of nitrogens with zero attached hydrogens (tertiary/aromatic N) is 1. The average molecular weight is 144 g/mol. The summed E-state index contributed by atoms with van der Waals surface area (Å²) in [4.78, 5) is 10.9. The van der Waals surface area contributed by atoms with Crippen LogP contribution in [0.1, 0.15) is 0 Å². The minimum absolute atomic E-state index is 0. The smallest absolute Gasteiger partial charge is 0.209 e. The number of halogens is 1. The molecule has 0 N–H and O–H groups in total. The molecule has 7 heavy (non-hydrogen) atoms. The molecule has 0 fully saturated rings. The number of carbonyl (C=O) groups excluding carboxylic acids is 1. The van der Waals surface area contributed by atoms with Gasteiger partial charge in [0.2, 0.25) is 6.41 Å². The lowest BCUT2D eigenvalue weighted by atomic mass is 11.0. The zero-order valence-electron chi connectivity index (χ0n) is 4.81. The van der Waals surface area contributed by atoms with Gasteiger partial charge in [0.05, 0.1) is 0 Å². The van der Waals surface area contributed by atoms with Crippen LogP contribution < -0.4 is 12.4 Å². The number of hydrogen-bond acceptors (Lipinski definition) is 1. The summed E-state index contributed by atoms with van der Waals surface area (Å²) in [6.07, 6.45) is 0.750. The van der Waals surface area contributed by atoms with Gasteiger partial charge in [-0.05, 0) is 9.90 Å². The maximum atomic E-state index is 9.43. The molecule has 1 amide bonds. The third kappa shape index (κ3) is 22.7. The molecular formula is C3H11ClNOP. The Morgan fingerprint density at radius 1 is 1.43 bits per heavy atom. The molecule has 0 aliphatic rings. The summed E-state index contributed by atoms with van der Waals surface area (Å²) >= 11 is 0. The van der Waals surface area contributed by atoms with Crippen molar-refractivity contribution < 1.29 is 17.2 Å². The summed E-state index contributed by atoms with van der Waals surface area (Å²) < 4.78 is 0. The van der Waals surface area contributed by atoms with E-state index in [9.17, 15) is 4.79 Å². The van der Waals surface area contributed by atoms with E-state index in [1.54, 1.807) is 14.1 Å². The molecule has 0 saturated carbocycles. The van der Waals surface area contributed by atoms with Gasteiger partial charge < -0.3 is 17.3 Å². The number of amides is 1. The maximum Gasteiger partial charge on any atom is 0.209 e. The SMILES string of the molecule is CN(C)C=O.[Cl-].[PH4+]. The maximum absolute atomic E-state index is 9.43. The highest BCUT2D eigenvalue weighted by molar-refractivity contribution is 6.92. The molecule has 4 heteroatoms. The van der Waals surface area contributed by atoms with Crippen LogP contribution in [-0.4, -0.2) is 25.4 Å². The normalized spacial score (nSPS) is 4.86. The van der Waals surface area contributed by atoms with Crippen LogP contribution in [0.5, 0.6) is 0 Å². The lowest BCUT2D eigenvalue weighted by molar-refractivity contribution is -0.115. The standard InChI is InChI=1S/C3H7NO.ClH.H3P/c1-4(2)3-5;;/h3H,1-2H3;1H;1H3. The summed E-state index contributed by atoms with van der Waals surface area (Å²) in [7, 11) is 3.38. The Kier molecular flexibility index (Phi) is 21.3. The Morgan fingerprint density at radius 3 is 1.57 bits per heavy atom. The molecule has 0 radical (unpaired) electrons. The van der Waals surface area contributed by atoms with Gasteiger partial charge >= 0.3 is 0 Å². The zero-order valence-corrected chi connectivity index (χ0v) is 7.57.